The van der Waals surface area contributed by atoms with Crippen molar-refractivity contribution in [3.8, 4) is 0 Å². The van der Waals surface area contributed by atoms with Crippen LogP contribution in [0.15, 0.2) is 48.7 Å². The lowest BCUT2D eigenvalue weighted by Crippen LogP contribution is -2.39. The number of aromatic nitrogens is 1. The molecule has 5 nitrogen and oxygen atoms in total. The number of rotatable bonds is 7. The number of halogens is 1. The summed E-state index contributed by atoms with van der Waals surface area (Å²) < 4.78 is 5.24. The Morgan fingerprint density at radius 1 is 1.27 bits per heavy atom. The van der Waals surface area contributed by atoms with E-state index in [1.807, 2.05) is 25.1 Å². The molecule has 0 bridgehead atoms. The monoisotopic (exact) mass is 391 g/mol. The molecule has 0 saturated heterocycles. The van der Waals surface area contributed by atoms with E-state index in [0.29, 0.717) is 24.7 Å². The average Bonchev–Trinajstić information content (AvgIpc) is 3.04. The number of carbonyl (C=O) groups excluding carboxylic acids is 1. The standard InChI is InChI=1S/C19H21N3O2S.ClH/c1-2-24-18(23)17(21-11-15-12-22-19(20)25-15)10-14-8-5-7-13-6-3-4-9-16(13)14;/h3-9,12,17,21H,2,10-11H2,1H3,(H2,20,22);1H. The molecule has 1 heterocycles. The number of benzene rings is 2. The molecule has 0 spiro atoms. The highest BCUT2D eigenvalue weighted by Gasteiger charge is 2.21. The van der Waals surface area contributed by atoms with Crippen LogP contribution in [0.3, 0.4) is 0 Å². The molecule has 0 aliphatic rings. The molecule has 0 aliphatic carbocycles. The Kier molecular flexibility index (Phi) is 7.38. The van der Waals surface area contributed by atoms with Crippen LogP contribution in [-0.4, -0.2) is 23.6 Å². The first-order valence-electron chi connectivity index (χ1n) is 8.24. The Morgan fingerprint density at radius 2 is 2.04 bits per heavy atom. The third kappa shape index (κ3) is 4.94. The van der Waals surface area contributed by atoms with Gasteiger partial charge < -0.3 is 10.5 Å². The molecule has 3 N–H and O–H groups in total. The molecule has 0 saturated carbocycles. The largest absolute Gasteiger partial charge is 0.465 e. The number of nitrogen functional groups attached to an aromatic ring is 1. The van der Waals surface area contributed by atoms with Gasteiger partial charge in [0.1, 0.15) is 6.04 Å². The number of anilines is 1. The van der Waals surface area contributed by atoms with E-state index >= 15 is 0 Å². The third-order valence-electron chi connectivity index (χ3n) is 3.97. The van der Waals surface area contributed by atoms with Crippen molar-refractivity contribution in [1.82, 2.24) is 10.3 Å². The molecule has 0 aliphatic heterocycles. The average molecular weight is 392 g/mol. The number of thiazole rings is 1. The molecular weight excluding hydrogens is 370 g/mol. The highest BCUT2D eigenvalue weighted by Crippen LogP contribution is 2.20. The predicted octanol–water partition coefficient (Wildman–Crippen LogP) is 3.56. The lowest BCUT2D eigenvalue weighted by molar-refractivity contribution is -0.145. The van der Waals surface area contributed by atoms with Crippen LogP contribution in [0.5, 0.6) is 0 Å². The van der Waals surface area contributed by atoms with Gasteiger partial charge in [0.2, 0.25) is 0 Å². The molecule has 138 valence electrons. The number of hydrogen-bond donors (Lipinski definition) is 2. The minimum atomic E-state index is -0.422. The van der Waals surface area contributed by atoms with Gasteiger partial charge in [0.25, 0.3) is 0 Å². The zero-order valence-electron chi connectivity index (χ0n) is 14.5. The van der Waals surface area contributed by atoms with Crippen LogP contribution in [-0.2, 0) is 22.5 Å². The van der Waals surface area contributed by atoms with Gasteiger partial charge in [-0.25, -0.2) is 4.98 Å². The molecule has 1 unspecified atom stereocenters. The van der Waals surface area contributed by atoms with Crippen molar-refractivity contribution in [1.29, 1.82) is 0 Å². The van der Waals surface area contributed by atoms with E-state index in [1.165, 1.54) is 11.3 Å². The van der Waals surface area contributed by atoms with E-state index in [1.54, 1.807) is 6.20 Å². The van der Waals surface area contributed by atoms with Crippen LogP contribution < -0.4 is 11.1 Å². The van der Waals surface area contributed by atoms with Crippen molar-refractivity contribution >= 4 is 45.6 Å². The number of nitrogens with two attached hydrogens (primary N) is 1. The molecule has 7 heteroatoms. The van der Waals surface area contributed by atoms with Gasteiger partial charge in [0, 0.05) is 17.6 Å². The van der Waals surface area contributed by atoms with E-state index in [4.69, 9.17) is 10.5 Å². The number of carbonyl (C=O) groups is 1. The van der Waals surface area contributed by atoms with Crippen LogP contribution in [0.1, 0.15) is 17.4 Å². The highest BCUT2D eigenvalue weighted by molar-refractivity contribution is 7.15. The van der Waals surface area contributed by atoms with Crippen molar-refractivity contribution in [2.75, 3.05) is 12.3 Å². The van der Waals surface area contributed by atoms with Gasteiger partial charge >= 0.3 is 5.97 Å². The molecule has 1 aromatic heterocycles. The first kappa shape index (κ1) is 20.2. The van der Waals surface area contributed by atoms with Crippen LogP contribution in [0.2, 0.25) is 0 Å². The summed E-state index contributed by atoms with van der Waals surface area (Å²) in [5.41, 5.74) is 6.78. The summed E-state index contributed by atoms with van der Waals surface area (Å²) in [6.45, 7) is 2.71. The highest BCUT2D eigenvalue weighted by atomic mass is 35.5. The summed E-state index contributed by atoms with van der Waals surface area (Å²) in [6.07, 6.45) is 2.29. The maximum Gasteiger partial charge on any atom is 0.323 e. The zero-order valence-corrected chi connectivity index (χ0v) is 16.1. The summed E-state index contributed by atoms with van der Waals surface area (Å²) in [5, 5.41) is 6.13. The molecule has 0 fully saturated rings. The molecule has 0 radical (unpaired) electrons. The number of esters is 1. The van der Waals surface area contributed by atoms with Crippen LogP contribution in [0.25, 0.3) is 10.8 Å². The normalized spacial score (nSPS) is 11.7. The van der Waals surface area contributed by atoms with E-state index in [-0.39, 0.29) is 18.4 Å². The fourth-order valence-electron chi connectivity index (χ4n) is 2.80. The Morgan fingerprint density at radius 3 is 2.77 bits per heavy atom. The van der Waals surface area contributed by atoms with Gasteiger partial charge in [-0.05, 0) is 29.7 Å². The summed E-state index contributed by atoms with van der Waals surface area (Å²) >= 11 is 1.42. The maximum atomic E-state index is 12.4. The second kappa shape index (κ2) is 9.52. The fourth-order valence-corrected chi connectivity index (χ4v) is 3.44. The Balaban J connectivity index is 0.00000243. The van der Waals surface area contributed by atoms with Gasteiger partial charge in [0.15, 0.2) is 5.13 Å². The lowest BCUT2D eigenvalue weighted by atomic mass is 9.98. The summed E-state index contributed by atoms with van der Waals surface area (Å²) in [5.74, 6) is -0.243. The zero-order chi connectivity index (χ0) is 17.6. The fraction of sp³-hybridized carbons (Fsp3) is 0.263. The van der Waals surface area contributed by atoms with Crippen molar-refractivity contribution in [2.45, 2.75) is 25.9 Å². The molecule has 0 amide bonds. The van der Waals surface area contributed by atoms with Crippen molar-refractivity contribution in [3.05, 3.63) is 59.1 Å². The second-order valence-corrected chi connectivity index (χ2v) is 6.84. The minimum Gasteiger partial charge on any atom is -0.465 e. The van der Waals surface area contributed by atoms with Crippen LogP contribution in [0.4, 0.5) is 5.13 Å². The minimum absolute atomic E-state index is 0. The van der Waals surface area contributed by atoms with E-state index in [0.717, 1.165) is 21.2 Å². The van der Waals surface area contributed by atoms with E-state index in [2.05, 4.69) is 34.6 Å². The van der Waals surface area contributed by atoms with Gasteiger partial charge in [-0.1, -0.05) is 42.5 Å². The van der Waals surface area contributed by atoms with Crippen LogP contribution in [0, 0.1) is 0 Å². The Hall–Kier alpha value is -2.15. The number of fused-ring (bicyclic) bond motifs is 1. The number of nitrogens with one attached hydrogen (secondary N) is 1. The van der Waals surface area contributed by atoms with Crippen molar-refractivity contribution in [2.24, 2.45) is 0 Å². The summed E-state index contributed by atoms with van der Waals surface area (Å²) in [4.78, 5) is 17.4. The molecule has 2 aromatic carbocycles. The molecule has 26 heavy (non-hydrogen) atoms. The van der Waals surface area contributed by atoms with Gasteiger partial charge in [-0.3, -0.25) is 10.1 Å². The maximum absolute atomic E-state index is 12.4. The van der Waals surface area contributed by atoms with Gasteiger partial charge in [-0.15, -0.1) is 23.7 Å². The quantitative estimate of drug-likeness (QED) is 0.602. The topological polar surface area (TPSA) is 77.2 Å². The number of hydrogen-bond acceptors (Lipinski definition) is 6. The SMILES string of the molecule is CCOC(=O)C(Cc1cccc2ccccc12)NCc1cnc(N)s1.Cl. The number of ether oxygens (including phenoxy) is 1. The predicted molar refractivity (Wildman–Crippen MR) is 109 cm³/mol. The summed E-state index contributed by atoms with van der Waals surface area (Å²) in [7, 11) is 0. The number of nitrogens with zero attached hydrogens (tertiary/aromatic N) is 1. The molecule has 1 atom stereocenters. The van der Waals surface area contributed by atoms with Crippen molar-refractivity contribution in [3.63, 3.8) is 0 Å². The lowest BCUT2D eigenvalue weighted by Gasteiger charge is -2.18. The molecular formula is C19H22ClN3O2S. The van der Waals surface area contributed by atoms with E-state index < -0.39 is 6.04 Å². The molecule has 3 rings (SSSR count). The first-order chi connectivity index (χ1) is 12.2. The Labute approximate surface area is 163 Å². The summed E-state index contributed by atoms with van der Waals surface area (Å²) in [6, 6.07) is 13.9. The van der Waals surface area contributed by atoms with E-state index in [9.17, 15) is 4.79 Å². The van der Waals surface area contributed by atoms with Gasteiger partial charge in [0.05, 0.1) is 6.61 Å². The van der Waals surface area contributed by atoms with Crippen LogP contribution >= 0.6 is 23.7 Å². The smallest absolute Gasteiger partial charge is 0.323 e. The van der Waals surface area contributed by atoms with Crippen molar-refractivity contribution < 1.29 is 9.53 Å². The second-order valence-electron chi connectivity index (χ2n) is 5.69. The Bertz CT molecular complexity index is 863. The first-order valence-corrected chi connectivity index (χ1v) is 9.06. The van der Waals surface area contributed by atoms with Gasteiger partial charge in [-0.2, -0.15) is 0 Å². The molecule has 3 aromatic rings. The third-order valence-corrected chi connectivity index (χ3v) is 4.80.